The maximum absolute atomic E-state index is 12.2. The number of carbonyl (C=O) groups is 1. The average Bonchev–Trinajstić information content (AvgIpc) is 3.24. The van der Waals surface area contributed by atoms with E-state index in [9.17, 15) is 9.59 Å². The summed E-state index contributed by atoms with van der Waals surface area (Å²) in [7, 11) is 0. The SMILES string of the molecule is Cc1nn(Cc2ccccc2Cl)c(Cl)c1/C=C/C(=O)OCCn1nc2ccccn2c1=O. The van der Waals surface area contributed by atoms with E-state index in [1.807, 2.05) is 18.2 Å². The maximum atomic E-state index is 12.2. The second kappa shape index (κ2) is 9.42. The predicted octanol–water partition coefficient (Wildman–Crippen LogP) is 3.61. The number of aryl methyl sites for hydroxylation is 1. The molecule has 0 N–H and O–H groups in total. The number of aromatic nitrogens is 5. The number of benzene rings is 1. The molecule has 8 nitrogen and oxygen atoms in total. The standard InChI is InChI=1S/C22H19Cl2N5O3/c1-15-17(21(24)29(25-15)14-16-6-2-3-7-18(16)23)9-10-20(30)32-13-12-28-22(31)27-11-5-4-8-19(27)26-28/h2-11H,12-14H2,1H3/b10-9+. The van der Waals surface area contributed by atoms with E-state index in [0.29, 0.717) is 33.6 Å². The van der Waals surface area contributed by atoms with E-state index in [2.05, 4.69) is 10.2 Å². The van der Waals surface area contributed by atoms with Gasteiger partial charge in [0.15, 0.2) is 5.65 Å². The minimum atomic E-state index is -0.559. The zero-order valence-corrected chi connectivity index (χ0v) is 18.6. The number of carbonyl (C=O) groups excluding carboxylic acids is 1. The van der Waals surface area contributed by atoms with Crippen LogP contribution in [-0.4, -0.2) is 36.5 Å². The van der Waals surface area contributed by atoms with Gasteiger partial charge in [-0.15, -0.1) is 5.10 Å². The highest BCUT2D eigenvalue weighted by molar-refractivity contribution is 6.32. The van der Waals surface area contributed by atoms with Gasteiger partial charge in [0.1, 0.15) is 11.8 Å². The molecular weight excluding hydrogens is 453 g/mol. The number of pyridine rings is 1. The van der Waals surface area contributed by atoms with Crippen LogP contribution < -0.4 is 5.69 Å². The van der Waals surface area contributed by atoms with Gasteiger partial charge in [-0.05, 0) is 36.8 Å². The number of hydrogen-bond acceptors (Lipinski definition) is 5. The quantitative estimate of drug-likeness (QED) is 0.303. The van der Waals surface area contributed by atoms with Crippen LogP contribution in [0.2, 0.25) is 10.2 Å². The molecule has 4 aromatic rings. The second-order valence-electron chi connectivity index (χ2n) is 6.97. The molecule has 0 amide bonds. The van der Waals surface area contributed by atoms with E-state index in [1.165, 1.54) is 15.2 Å². The molecule has 164 valence electrons. The Morgan fingerprint density at radius 3 is 2.66 bits per heavy atom. The molecule has 0 spiro atoms. The summed E-state index contributed by atoms with van der Waals surface area (Å²) in [5.74, 6) is -0.559. The van der Waals surface area contributed by atoms with Crippen molar-refractivity contribution in [1.29, 1.82) is 0 Å². The highest BCUT2D eigenvalue weighted by atomic mass is 35.5. The zero-order valence-electron chi connectivity index (χ0n) is 17.1. The van der Waals surface area contributed by atoms with Gasteiger partial charge in [0.25, 0.3) is 0 Å². The largest absolute Gasteiger partial charge is 0.461 e. The van der Waals surface area contributed by atoms with Crippen molar-refractivity contribution in [2.24, 2.45) is 0 Å². The van der Waals surface area contributed by atoms with Crippen LogP contribution in [0.5, 0.6) is 0 Å². The molecule has 0 bridgehead atoms. The molecular formula is C22H19Cl2N5O3. The van der Waals surface area contributed by atoms with E-state index in [0.717, 1.165) is 5.56 Å². The van der Waals surface area contributed by atoms with Crippen molar-refractivity contribution in [1.82, 2.24) is 24.0 Å². The van der Waals surface area contributed by atoms with Gasteiger partial charge >= 0.3 is 11.7 Å². The summed E-state index contributed by atoms with van der Waals surface area (Å²) < 4.78 is 9.50. The van der Waals surface area contributed by atoms with Gasteiger partial charge in [-0.1, -0.05) is 47.5 Å². The number of hydrogen-bond donors (Lipinski definition) is 0. The Labute approximate surface area is 193 Å². The molecule has 3 heterocycles. The molecule has 1 aromatic carbocycles. The first-order valence-corrected chi connectivity index (χ1v) is 10.5. The van der Waals surface area contributed by atoms with Gasteiger partial charge in [-0.3, -0.25) is 4.40 Å². The topological polar surface area (TPSA) is 83.4 Å². The lowest BCUT2D eigenvalue weighted by Gasteiger charge is -2.05. The third-order valence-electron chi connectivity index (χ3n) is 4.81. The minimum absolute atomic E-state index is 0.00540. The zero-order chi connectivity index (χ0) is 22.7. The smallest absolute Gasteiger partial charge is 0.350 e. The van der Waals surface area contributed by atoms with Crippen molar-refractivity contribution in [3.8, 4) is 0 Å². The molecule has 10 heteroatoms. The van der Waals surface area contributed by atoms with Crippen LogP contribution in [0.25, 0.3) is 11.7 Å². The Kier molecular flexibility index (Phi) is 6.43. The lowest BCUT2D eigenvalue weighted by molar-refractivity contribution is -0.138. The number of halogens is 2. The Morgan fingerprint density at radius 1 is 1.09 bits per heavy atom. The maximum Gasteiger partial charge on any atom is 0.350 e. The molecule has 0 saturated heterocycles. The normalized spacial score (nSPS) is 11.5. The Balaban J connectivity index is 1.38. The predicted molar refractivity (Wildman–Crippen MR) is 122 cm³/mol. The van der Waals surface area contributed by atoms with Crippen molar-refractivity contribution in [3.05, 3.63) is 92.2 Å². The van der Waals surface area contributed by atoms with Crippen LogP contribution in [0.4, 0.5) is 0 Å². The summed E-state index contributed by atoms with van der Waals surface area (Å²) in [4.78, 5) is 24.3. The second-order valence-corrected chi connectivity index (χ2v) is 7.74. The van der Waals surface area contributed by atoms with Gasteiger partial charge in [0, 0.05) is 22.9 Å². The first-order chi connectivity index (χ1) is 15.4. The molecule has 0 atom stereocenters. The molecule has 32 heavy (non-hydrogen) atoms. The Morgan fingerprint density at radius 2 is 1.88 bits per heavy atom. The van der Waals surface area contributed by atoms with Crippen molar-refractivity contribution in [2.75, 3.05) is 6.61 Å². The van der Waals surface area contributed by atoms with E-state index < -0.39 is 5.97 Å². The summed E-state index contributed by atoms with van der Waals surface area (Å²) in [5, 5.41) is 9.64. The van der Waals surface area contributed by atoms with Gasteiger partial charge in [0.05, 0.1) is 18.8 Å². The minimum Gasteiger partial charge on any atom is -0.461 e. The molecule has 4 rings (SSSR count). The van der Waals surface area contributed by atoms with Crippen LogP contribution in [-0.2, 0) is 22.6 Å². The molecule has 0 saturated carbocycles. The summed E-state index contributed by atoms with van der Waals surface area (Å²) in [6.07, 6.45) is 4.48. The number of ether oxygens (including phenoxy) is 1. The molecule has 0 radical (unpaired) electrons. The number of rotatable bonds is 7. The van der Waals surface area contributed by atoms with E-state index in [-0.39, 0.29) is 18.8 Å². The fourth-order valence-electron chi connectivity index (χ4n) is 3.20. The molecule has 0 fully saturated rings. The number of fused-ring (bicyclic) bond motifs is 1. The molecule has 0 aliphatic heterocycles. The summed E-state index contributed by atoms with van der Waals surface area (Å²) >= 11 is 12.7. The third-order valence-corrected chi connectivity index (χ3v) is 5.58. The fourth-order valence-corrected chi connectivity index (χ4v) is 3.69. The van der Waals surface area contributed by atoms with Crippen LogP contribution >= 0.6 is 23.2 Å². The van der Waals surface area contributed by atoms with E-state index in [4.69, 9.17) is 27.9 Å². The highest BCUT2D eigenvalue weighted by Crippen LogP contribution is 2.24. The monoisotopic (exact) mass is 471 g/mol. The van der Waals surface area contributed by atoms with Gasteiger partial charge in [0.2, 0.25) is 0 Å². The van der Waals surface area contributed by atoms with E-state index >= 15 is 0 Å². The lowest BCUT2D eigenvalue weighted by atomic mass is 10.2. The van der Waals surface area contributed by atoms with E-state index in [1.54, 1.807) is 48.1 Å². The van der Waals surface area contributed by atoms with Crippen molar-refractivity contribution >= 4 is 40.9 Å². The van der Waals surface area contributed by atoms with Crippen molar-refractivity contribution < 1.29 is 9.53 Å². The summed E-state index contributed by atoms with van der Waals surface area (Å²) in [6, 6.07) is 12.7. The Hall–Kier alpha value is -3.36. The molecule has 0 unspecified atom stereocenters. The third kappa shape index (κ3) is 4.61. The summed E-state index contributed by atoms with van der Waals surface area (Å²) in [5.41, 5.74) is 2.41. The fraction of sp³-hybridized carbons (Fsp3) is 0.182. The summed E-state index contributed by atoms with van der Waals surface area (Å²) in [6.45, 7) is 2.36. The first kappa shape index (κ1) is 21.9. The Bertz CT molecular complexity index is 1370. The average molecular weight is 472 g/mol. The van der Waals surface area contributed by atoms with Crippen molar-refractivity contribution in [3.63, 3.8) is 0 Å². The number of nitrogens with zero attached hydrogens (tertiary/aromatic N) is 5. The van der Waals surface area contributed by atoms with Crippen LogP contribution in [0.3, 0.4) is 0 Å². The molecule has 0 aliphatic rings. The van der Waals surface area contributed by atoms with Gasteiger partial charge in [-0.2, -0.15) is 5.10 Å². The van der Waals surface area contributed by atoms with Crippen molar-refractivity contribution in [2.45, 2.75) is 20.0 Å². The van der Waals surface area contributed by atoms with Crippen LogP contribution in [0.15, 0.2) is 59.5 Å². The number of esters is 1. The van der Waals surface area contributed by atoms with Crippen LogP contribution in [0.1, 0.15) is 16.8 Å². The highest BCUT2D eigenvalue weighted by Gasteiger charge is 2.13. The lowest BCUT2D eigenvalue weighted by Crippen LogP contribution is -2.23. The molecule has 0 aliphatic carbocycles. The van der Waals surface area contributed by atoms with Crippen LogP contribution in [0, 0.1) is 6.92 Å². The van der Waals surface area contributed by atoms with Gasteiger partial charge < -0.3 is 4.74 Å². The van der Waals surface area contributed by atoms with Gasteiger partial charge in [-0.25, -0.2) is 19.0 Å². The first-order valence-electron chi connectivity index (χ1n) is 9.79. The molecule has 3 aromatic heterocycles.